The molecule has 0 aliphatic heterocycles. The van der Waals surface area contributed by atoms with Gasteiger partial charge in [-0.25, -0.2) is 4.79 Å². The number of hydrogen-bond acceptors (Lipinski definition) is 4. The van der Waals surface area contributed by atoms with Crippen LogP contribution in [0.1, 0.15) is 40.4 Å². The number of nitrogens with one attached hydrogen (secondary N) is 1. The smallest absolute Gasteiger partial charge is 0.343 e. The molecule has 31 heavy (non-hydrogen) atoms. The van der Waals surface area contributed by atoms with Crippen LogP contribution in [0, 0.1) is 0 Å². The Hall–Kier alpha value is -3.31. The van der Waals surface area contributed by atoms with E-state index in [9.17, 15) is 9.59 Å². The first-order valence-electron chi connectivity index (χ1n) is 10.1. The van der Waals surface area contributed by atoms with Gasteiger partial charge in [0.1, 0.15) is 17.9 Å². The molecular formula is C25H22ClNO4. The normalized spacial score (nSPS) is 13.8. The van der Waals surface area contributed by atoms with Gasteiger partial charge in [-0.05, 0) is 31.0 Å². The van der Waals surface area contributed by atoms with Crippen LogP contribution < -0.4 is 10.1 Å². The van der Waals surface area contributed by atoms with Gasteiger partial charge in [-0.1, -0.05) is 72.3 Å². The second kappa shape index (κ2) is 9.67. The van der Waals surface area contributed by atoms with Crippen molar-refractivity contribution in [2.75, 3.05) is 0 Å². The zero-order valence-corrected chi connectivity index (χ0v) is 17.5. The van der Waals surface area contributed by atoms with Crippen LogP contribution in [-0.4, -0.2) is 17.9 Å². The first-order valence-corrected chi connectivity index (χ1v) is 10.5. The Kier molecular flexibility index (Phi) is 6.53. The summed E-state index contributed by atoms with van der Waals surface area (Å²) < 4.78 is 11.5. The lowest BCUT2D eigenvalue weighted by atomic mass is 10.1. The minimum Gasteiger partial charge on any atom is -0.488 e. The van der Waals surface area contributed by atoms with Crippen LogP contribution in [-0.2, 0) is 16.1 Å². The highest BCUT2D eigenvalue weighted by Gasteiger charge is 2.31. The van der Waals surface area contributed by atoms with Gasteiger partial charge in [0.15, 0.2) is 0 Å². The van der Waals surface area contributed by atoms with Gasteiger partial charge < -0.3 is 14.8 Å². The first kappa shape index (κ1) is 20.9. The number of hydrogen-bond donors (Lipinski definition) is 1. The predicted molar refractivity (Wildman–Crippen MR) is 118 cm³/mol. The molecule has 0 unspecified atom stereocenters. The van der Waals surface area contributed by atoms with E-state index in [2.05, 4.69) is 5.32 Å². The van der Waals surface area contributed by atoms with Crippen LogP contribution in [0.15, 0.2) is 78.9 Å². The van der Waals surface area contributed by atoms with E-state index in [-0.39, 0.29) is 24.1 Å². The van der Waals surface area contributed by atoms with E-state index in [4.69, 9.17) is 21.1 Å². The predicted octanol–water partition coefficient (Wildman–Crippen LogP) is 5.10. The third-order valence-corrected chi connectivity index (χ3v) is 5.31. The van der Waals surface area contributed by atoms with Gasteiger partial charge in [0, 0.05) is 22.2 Å². The van der Waals surface area contributed by atoms with Crippen molar-refractivity contribution in [3.63, 3.8) is 0 Å². The van der Waals surface area contributed by atoms with E-state index in [1.807, 2.05) is 24.3 Å². The van der Waals surface area contributed by atoms with Crippen LogP contribution in [0.2, 0.25) is 5.02 Å². The summed E-state index contributed by atoms with van der Waals surface area (Å²) in [7, 11) is 0. The summed E-state index contributed by atoms with van der Waals surface area (Å²) in [5.41, 5.74) is 1.66. The maximum Gasteiger partial charge on any atom is 0.343 e. The highest BCUT2D eigenvalue weighted by atomic mass is 35.5. The van der Waals surface area contributed by atoms with E-state index in [0.29, 0.717) is 16.3 Å². The molecule has 1 atom stereocenters. The maximum absolute atomic E-state index is 13.0. The molecule has 4 rings (SSSR count). The molecule has 6 heteroatoms. The molecule has 0 aromatic heterocycles. The molecule has 0 bridgehead atoms. The number of halogens is 1. The van der Waals surface area contributed by atoms with Gasteiger partial charge in [0.05, 0.1) is 0 Å². The second-order valence-electron chi connectivity index (χ2n) is 7.36. The largest absolute Gasteiger partial charge is 0.488 e. The molecule has 0 heterocycles. The van der Waals surface area contributed by atoms with Gasteiger partial charge in [-0.2, -0.15) is 0 Å². The third kappa shape index (κ3) is 5.44. The quantitative estimate of drug-likeness (QED) is 0.500. The highest BCUT2D eigenvalue weighted by Crippen LogP contribution is 2.27. The monoisotopic (exact) mass is 435 g/mol. The molecule has 0 radical (unpaired) electrons. The van der Waals surface area contributed by atoms with E-state index in [0.717, 1.165) is 18.4 Å². The summed E-state index contributed by atoms with van der Waals surface area (Å²) in [4.78, 5) is 25.8. The van der Waals surface area contributed by atoms with E-state index < -0.39 is 12.1 Å². The Morgan fingerprint density at radius 1 is 0.935 bits per heavy atom. The Balaban J connectivity index is 1.52. The fourth-order valence-electron chi connectivity index (χ4n) is 3.11. The topological polar surface area (TPSA) is 64.6 Å². The van der Waals surface area contributed by atoms with Crippen molar-refractivity contribution in [3.8, 4) is 5.75 Å². The number of carbonyl (C=O) groups is 2. The minimum atomic E-state index is -1.04. The highest BCUT2D eigenvalue weighted by molar-refractivity contribution is 6.31. The van der Waals surface area contributed by atoms with Crippen LogP contribution in [0.4, 0.5) is 0 Å². The lowest BCUT2D eigenvalue weighted by Crippen LogP contribution is -2.33. The lowest BCUT2D eigenvalue weighted by Gasteiger charge is -2.19. The molecule has 0 saturated heterocycles. The van der Waals surface area contributed by atoms with Gasteiger partial charge in [0.2, 0.25) is 6.10 Å². The molecule has 158 valence electrons. The van der Waals surface area contributed by atoms with Crippen molar-refractivity contribution >= 4 is 23.5 Å². The number of ether oxygens (including phenoxy) is 2. The zero-order valence-electron chi connectivity index (χ0n) is 16.8. The number of benzene rings is 3. The first-order chi connectivity index (χ1) is 15.1. The molecule has 3 aromatic carbocycles. The third-order valence-electron chi connectivity index (χ3n) is 4.94. The van der Waals surface area contributed by atoms with Gasteiger partial charge in [-0.3, -0.25) is 4.79 Å². The Morgan fingerprint density at radius 3 is 2.35 bits per heavy atom. The average molecular weight is 436 g/mol. The maximum atomic E-state index is 13.0. The number of rotatable bonds is 8. The second-order valence-corrected chi connectivity index (χ2v) is 7.76. The summed E-state index contributed by atoms with van der Waals surface area (Å²) in [5, 5.41) is 3.50. The van der Waals surface area contributed by atoms with Crippen molar-refractivity contribution in [2.24, 2.45) is 0 Å². The van der Waals surface area contributed by atoms with Crippen molar-refractivity contribution < 1.29 is 19.1 Å². The Bertz CT molecular complexity index is 1070. The summed E-state index contributed by atoms with van der Waals surface area (Å²) in [6, 6.07) is 23.3. The van der Waals surface area contributed by atoms with Crippen LogP contribution in [0.3, 0.4) is 0 Å². The standard InChI is InChI=1S/C25H22ClNO4/c26-21-12-6-4-10-18(21)16-30-22-13-7-5-11-20(22)25(29)31-23(17-8-2-1-3-9-17)24(28)27-19-14-15-19/h1-13,19,23H,14-16H2,(H,27,28)/t23-/m0/s1. The fraction of sp³-hybridized carbons (Fsp3) is 0.200. The summed E-state index contributed by atoms with van der Waals surface area (Å²) >= 11 is 6.19. The van der Waals surface area contributed by atoms with Crippen LogP contribution in [0.5, 0.6) is 5.75 Å². The molecule has 1 amide bonds. The van der Waals surface area contributed by atoms with Gasteiger partial charge >= 0.3 is 5.97 Å². The van der Waals surface area contributed by atoms with Crippen molar-refractivity contribution in [1.29, 1.82) is 0 Å². The minimum absolute atomic E-state index is 0.156. The van der Waals surface area contributed by atoms with Crippen molar-refractivity contribution in [1.82, 2.24) is 5.32 Å². The molecular weight excluding hydrogens is 414 g/mol. The SMILES string of the molecule is O=C(O[C@H](C(=O)NC1CC1)c1ccccc1)c1ccccc1OCc1ccccc1Cl. The Labute approximate surface area is 185 Å². The summed E-state index contributed by atoms with van der Waals surface area (Å²) in [6.45, 7) is 0.203. The lowest BCUT2D eigenvalue weighted by molar-refractivity contribution is -0.130. The van der Waals surface area contributed by atoms with Gasteiger partial charge in [0.25, 0.3) is 5.91 Å². The molecule has 1 aliphatic rings. The molecule has 1 fully saturated rings. The van der Waals surface area contributed by atoms with Crippen LogP contribution >= 0.6 is 11.6 Å². The molecule has 1 N–H and O–H groups in total. The summed E-state index contributed by atoms with van der Waals surface area (Å²) in [5.74, 6) is -0.590. The number of carbonyl (C=O) groups excluding carboxylic acids is 2. The van der Waals surface area contributed by atoms with Crippen LogP contribution in [0.25, 0.3) is 0 Å². The number of amides is 1. The fourth-order valence-corrected chi connectivity index (χ4v) is 3.30. The van der Waals surface area contributed by atoms with E-state index >= 15 is 0 Å². The average Bonchev–Trinajstić information content (AvgIpc) is 3.61. The zero-order chi connectivity index (χ0) is 21.6. The molecule has 3 aromatic rings. The van der Waals surface area contributed by atoms with Crippen molar-refractivity contribution in [2.45, 2.75) is 31.6 Å². The van der Waals surface area contributed by atoms with Crippen molar-refractivity contribution in [3.05, 3.63) is 101 Å². The summed E-state index contributed by atoms with van der Waals surface area (Å²) in [6.07, 6.45) is 0.853. The molecule has 0 spiro atoms. The van der Waals surface area contributed by atoms with E-state index in [1.165, 1.54) is 0 Å². The molecule has 1 aliphatic carbocycles. The number of para-hydroxylation sites is 1. The number of esters is 1. The molecule has 5 nitrogen and oxygen atoms in total. The molecule has 1 saturated carbocycles. The van der Waals surface area contributed by atoms with E-state index in [1.54, 1.807) is 54.6 Å². The Morgan fingerprint density at radius 2 is 1.61 bits per heavy atom. The van der Waals surface area contributed by atoms with Gasteiger partial charge in [-0.15, -0.1) is 0 Å².